The molecule has 0 saturated carbocycles. The van der Waals surface area contributed by atoms with Gasteiger partial charge in [-0.1, -0.05) is 6.07 Å². The maximum atomic E-state index is 12.1. The van der Waals surface area contributed by atoms with E-state index in [1.807, 2.05) is 4.90 Å². The minimum atomic E-state index is -0.880. The number of amides is 2. The number of ether oxygens (including phenoxy) is 1. The summed E-state index contributed by atoms with van der Waals surface area (Å²) >= 11 is 1.17. The van der Waals surface area contributed by atoms with Gasteiger partial charge in [-0.3, -0.25) is 25.0 Å². The smallest absolute Gasteiger partial charge is 0.338 e. The first-order valence-corrected chi connectivity index (χ1v) is 9.42. The van der Waals surface area contributed by atoms with Gasteiger partial charge in [-0.2, -0.15) is 0 Å². The molecule has 1 saturated heterocycles. The second-order valence-electron chi connectivity index (χ2n) is 6.09. The maximum absolute atomic E-state index is 12.1. The Kier molecular flexibility index (Phi) is 5.99. The van der Waals surface area contributed by atoms with Crippen molar-refractivity contribution in [2.75, 3.05) is 24.6 Å². The Balaban J connectivity index is 1.62. The van der Waals surface area contributed by atoms with Gasteiger partial charge in [0, 0.05) is 19.2 Å². The summed E-state index contributed by atoms with van der Waals surface area (Å²) in [4.78, 5) is 48.8. The van der Waals surface area contributed by atoms with Crippen molar-refractivity contribution in [3.8, 4) is 0 Å². The molecule has 1 aliphatic heterocycles. The molecule has 0 unspecified atom stereocenters. The number of esters is 1. The van der Waals surface area contributed by atoms with E-state index in [9.17, 15) is 24.5 Å². The second-order valence-corrected chi connectivity index (χ2v) is 7.03. The number of thiophene rings is 1. The number of nitro benzene ring substituents is 1. The molecule has 1 aromatic carbocycles. The first-order valence-electron chi connectivity index (χ1n) is 8.54. The van der Waals surface area contributed by atoms with Gasteiger partial charge in [-0.25, -0.2) is 4.79 Å². The van der Waals surface area contributed by atoms with Crippen LogP contribution < -0.4 is 10.2 Å². The molecule has 0 bridgehead atoms. The molecule has 1 N–H and O–H groups in total. The highest BCUT2D eigenvalue weighted by Gasteiger charge is 2.24. The molecular formula is C18H17N3O6S. The van der Waals surface area contributed by atoms with Crippen LogP contribution in [-0.2, 0) is 9.53 Å². The first-order chi connectivity index (χ1) is 13.5. The Morgan fingerprint density at radius 3 is 2.61 bits per heavy atom. The number of nitro groups is 1. The molecule has 28 heavy (non-hydrogen) atoms. The predicted octanol–water partition coefficient (Wildman–Crippen LogP) is 2.37. The van der Waals surface area contributed by atoms with Crippen LogP contribution in [0.1, 0.15) is 32.9 Å². The quantitative estimate of drug-likeness (QED) is 0.447. The number of carbonyl (C=O) groups is 3. The molecule has 2 heterocycles. The lowest BCUT2D eigenvalue weighted by Gasteiger charge is -2.17. The van der Waals surface area contributed by atoms with Crippen molar-refractivity contribution < 1.29 is 24.0 Å². The van der Waals surface area contributed by atoms with Gasteiger partial charge < -0.3 is 9.64 Å². The highest BCUT2D eigenvalue weighted by Crippen LogP contribution is 2.31. The molecule has 2 amide bonds. The van der Waals surface area contributed by atoms with E-state index >= 15 is 0 Å². The van der Waals surface area contributed by atoms with E-state index in [4.69, 9.17) is 4.74 Å². The van der Waals surface area contributed by atoms with Gasteiger partial charge in [0.25, 0.3) is 17.5 Å². The van der Waals surface area contributed by atoms with Gasteiger partial charge in [0.15, 0.2) is 6.61 Å². The van der Waals surface area contributed by atoms with Crippen LogP contribution in [0, 0.1) is 10.1 Å². The number of nitrogens with one attached hydrogen (secondary N) is 1. The van der Waals surface area contributed by atoms with Crippen LogP contribution in [0.2, 0.25) is 0 Å². The summed E-state index contributed by atoms with van der Waals surface area (Å²) in [7, 11) is 0. The molecule has 0 aliphatic carbocycles. The third kappa shape index (κ3) is 4.52. The summed E-state index contributed by atoms with van der Waals surface area (Å²) in [6.07, 6.45) is 1.92. The van der Waals surface area contributed by atoms with Gasteiger partial charge in [0.2, 0.25) is 0 Å². The fraction of sp³-hybridized carbons (Fsp3) is 0.278. The molecule has 146 valence electrons. The number of benzene rings is 1. The standard InChI is InChI=1S/C18H17N3O6S/c22-16(19-17(23)15-4-3-9-28-15)11-27-18(24)12-5-6-13(14(10-12)21(25)26)20-7-1-2-8-20/h3-6,9-10H,1-2,7-8,11H2,(H,19,22,23). The van der Waals surface area contributed by atoms with Crippen molar-refractivity contribution in [1.29, 1.82) is 0 Å². The normalized spacial score (nSPS) is 13.2. The number of rotatable bonds is 6. The van der Waals surface area contributed by atoms with Gasteiger partial charge >= 0.3 is 5.97 Å². The van der Waals surface area contributed by atoms with Gasteiger partial charge in [0.05, 0.1) is 15.4 Å². The number of anilines is 1. The summed E-state index contributed by atoms with van der Waals surface area (Å²) in [5.41, 5.74) is 0.235. The monoisotopic (exact) mass is 403 g/mol. The van der Waals surface area contributed by atoms with Gasteiger partial charge in [0.1, 0.15) is 5.69 Å². The van der Waals surface area contributed by atoms with E-state index in [0.29, 0.717) is 10.6 Å². The van der Waals surface area contributed by atoms with Crippen molar-refractivity contribution in [3.63, 3.8) is 0 Å². The molecule has 1 fully saturated rings. The number of imide groups is 1. The van der Waals surface area contributed by atoms with Crippen LogP contribution in [0.3, 0.4) is 0 Å². The largest absolute Gasteiger partial charge is 0.452 e. The van der Waals surface area contributed by atoms with Crippen LogP contribution in [0.15, 0.2) is 35.7 Å². The molecule has 2 aromatic rings. The van der Waals surface area contributed by atoms with E-state index in [1.165, 1.54) is 23.5 Å². The van der Waals surface area contributed by atoms with Crippen LogP contribution in [0.4, 0.5) is 11.4 Å². The van der Waals surface area contributed by atoms with Crippen molar-refractivity contribution in [2.24, 2.45) is 0 Å². The lowest BCUT2D eigenvalue weighted by Crippen LogP contribution is -2.33. The average molecular weight is 403 g/mol. The summed E-state index contributed by atoms with van der Waals surface area (Å²) in [5, 5.41) is 15.2. The van der Waals surface area contributed by atoms with Crippen LogP contribution in [0.5, 0.6) is 0 Å². The minimum Gasteiger partial charge on any atom is -0.452 e. The highest BCUT2D eigenvalue weighted by atomic mass is 32.1. The summed E-state index contributed by atoms with van der Waals surface area (Å²) < 4.78 is 4.87. The molecule has 0 radical (unpaired) electrons. The molecule has 9 nitrogen and oxygen atoms in total. The molecule has 3 rings (SSSR count). The lowest BCUT2D eigenvalue weighted by atomic mass is 10.1. The van der Waals surface area contributed by atoms with E-state index in [-0.39, 0.29) is 11.3 Å². The van der Waals surface area contributed by atoms with E-state index < -0.39 is 29.3 Å². The number of nitrogens with zero attached hydrogens (tertiary/aromatic N) is 2. The van der Waals surface area contributed by atoms with Crippen LogP contribution in [-0.4, -0.2) is 42.4 Å². The molecule has 0 atom stereocenters. The Bertz CT molecular complexity index is 906. The van der Waals surface area contributed by atoms with E-state index in [0.717, 1.165) is 32.0 Å². The summed E-state index contributed by atoms with van der Waals surface area (Å²) in [5.74, 6) is -2.24. The zero-order valence-corrected chi connectivity index (χ0v) is 15.6. The SMILES string of the molecule is O=C(COC(=O)c1ccc(N2CCCC2)c([N+](=O)[O-])c1)NC(=O)c1cccs1. The highest BCUT2D eigenvalue weighted by molar-refractivity contribution is 7.12. The van der Waals surface area contributed by atoms with Crippen LogP contribution in [0.25, 0.3) is 0 Å². The fourth-order valence-corrected chi connectivity index (χ4v) is 3.49. The molecular weight excluding hydrogens is 386 g/mol. The summed E-state index contributed by atoms with van der Waals surface area (Å²) in [6.45, 7) is 0.782. The Morgan fingerprint density at radius 1 is 1.21 bits per heavy atom. The average Bonchev–Trinajstić information content (AvgIpc) is 3.39. The van der Waals surface area contributed by atoms with Crippen LogP contribution >= 0.6 is 11.3 Å². The number of carbonyl (C=O) groups excluding carboxylic acids is 3. The lowest BCUT2D eigenvalue weighted by molar-refractivity contribution is -0.384. The van der Waals surface area contributed by atoms with Crippen molar-refractivity contribution >= 4 is 40.5 Å². The van der Waals surface area contributed by atoms with E-state index in [1.54, 1.807) is 17.5 Å². The molecule has 0 spiro atoms. The minimum absolute atomic E-state index is 0.0352. The maximum Gasteiger partial charge on any atom is 0.338 e. The first kappa shape index (κ1) is 19.5. The topological polar surface area (TPSA) is 119 Å². The van der Waals surface area contributed by atoms with E-state index in [2.05, 4.69) is 5.32 Å². The summed E-state index contributed by atoms with van der Waals surface area (Å²) in [6, 6.07) is 7.31. The molecule has 10 heteroatoms. The predicted molar refractivity (Wildman–Crippen MR) is 102 cm³/mol. The van der Waals surface area contributed by atoms with Gasteiger partial charge in [-0.15, -0.1) is 11.3 Å². The Hall–Kier alpha value is -3.27. The Morgan fingerprint density at radius 2 is 1.96 bits per heavy atom. The van der Waals surface area contributed by atoms with Crippen molar-refractivity contribution in [2.45, 2.75) is 12.8 Å². The number of hydrogen-bond acceptors (Lipinski definition) is 8. The zero-order valence-electron chi connectivity index (χ0n) is 14.8. The Labute approximate surface area is 164 Å². The number of hydrogen-bond donors (Lipinski definition) is 1. The third-order valence-electron chi connectivity index (χ3n) is 4.19. The van der Waals surface area contributed by atoms with Crippen molar-refractivity contribution in [1.82, 2.24) is 5.32 Å². The molecule has 1 aliphatic rings. The fourth-order valence-electron chi connectivity index (χ4n) is 2.87. The molecule has 1 aromatic heterocycles. The van der Waals surface area contributed by atoms with Gasteiger partial charge in [-0.05, 0) is 36.4 Å². The second kappa shape index (κ2) is 8.61. The third-order valence-corrected chi connectivity index (χ3v) is 5.06. The van der Waals surface area contributed by atoms with Crippen molar-refractivity contribution in [3.05, 3.63) is 56.3 Å². The zero-order chi connectivity index (χ0) is 20.1.